The van der Waals surface area contributed by atoms with Gasteiger partial charge in [-0.2, -0.15) is 0 Å². The Kier molecular flexibility index (Phi) is 9.44. The molecule has 2 rings (SSSR count). The van der Waals surface area contributed by atoms with Crippen molar-refractivity contribution in [1.29, 1.82) is 10.8 Å². The van der Waals surface area contributed by atoms with Gasteiger partial charge in [-0.1, -0.05) is 49.1 Å². The van der Waals surface area contributed by atoms with E-state index in [0.29, 0.717) is 0 Å². The van der Waals surface area contributed by atoms with Gasteiger partial charge in [-0.05, 0) is 17.7 Å². The highest BCUT2D eigenvalue weighted by Gasteiger charge is 2.07. The Morgan fingerprint density at radius 2 is 1.60 bits per heavy atom. The molecule has 0 saturated carbocycles. The van der Waals surface area contributed by atoms with E-state index in [2.05, 4.69) is 30.1 Å². The Hall–Kier alpha value is -3.00. The molecule has 1 aromatic carbocycles. The minimum Gasteiger partial charge on any atom is -0.375 e. The smallest absolute Gasteiger partial charge is 0.231 e. The lowest BCUT2D eigenvalue weighted by molar-refractivity contribution is 0.562. The number of carbonyl (C=O) groups excluding carboxylic acids is 2. The first-order chi connectivity index (χ1) is 9.69. The first-order valence-electron chi connectivity index (χ1n) is 5.62. The zero-order valence-electron chi connectivity index (χ0n) is 10.8. The van der Waals surface area contributed by atoms with E-state index in [-0.39, 0.29) is 6.04 Å². The SMILES string of the molecule is C=C1C=CC=CC1Nc1ccccc1.N=C=O.N=C=O. The van der Waals surface area contributed by atoms with Crippen molar-refractivity contribution in [3.63, 3.8) is 0 Å². The largest absolute Gasteiger partial charge is 0.375 e. The van der Waals surface area contributed by atoms with E-state index in [9.17, 15) is 0 Å². The molecule has 20 heavy (non-hydrogen) atoms. The molecule has 0 bridgehead atoms. The van der Waals surface area contributed by atoms with Gasteiger partial charge >= 0.3 is 0 Å². The van der Waals surface area contributed by atoms with E-state index in [1.807, 2.05) is 36.4 Å². The minimum absolute atomic E-state index is 0.224. The molecule has 1 aromatic rings. The van der Waals surface area contributed by atoms with E-state index < -0.39 is 0 Å². The molecule has 0 fully saturated rings. The van der Waals surface area contributed by atoms with Crippen LogP contribution in [0.1, 0.15) is 0 Å². The van der Waals surface area contributed by atoms with Gasteiger partial charge in [-0.15, -0.1) is 0 Å². The molecule has 0 aromatic heterocycles. The fraction of sp³-hybridized carbons (Fsp3) is 0.0667. The Morgan fingerprint density at radius 3 is 2.10 bits per heavy atom. The summed E-state index contributed by atoms with van der Waals surface area (Å²) in [6, 6.07) is 10.4. The predicted molar refractivity (Wildman–Crippen MR) is 78.1 cm³/mol. The van der Waals surface area contributed by atoms with E-state index in [0.717, 1.165) is 23.4 Å². The van der Waals surface area contributed by atoms with E-state index in [1.165, 1.54) is 0 Å². The summed E-state index contributed by atoms with van der Waals surface area (Å²) in [6.45, 7) is 3.99. The monoisotopic (exact) mass is 269 g/mol. The standard InChI is InChI=1S/C13H13N.2CHNO/c1-11-7-5-6-10-13(11)14-12-8-3-2-4-9-12;2*2-1-3/h2-10,13-14H,1H2;2*2H. The van der Waals surface area contributed by atoms with Crippen molar-refractivity contribution in [1.82, 2.24) is 0 Å². The lowest BCUT2D eigenvalue weighted by Crippen LogP contribution is -2.19. The molecule has 1 atom stereocenters. The third-order valence-corrected chi connectivity index (χ3v) is 2.22. The molecule has 1 aliphatic carbocycles. The summed E-state index contributed by atoms with van der Waals surface area (Å²) in [5, 5.41) is 14.2. The van der Waals surface area contributed by atoms with Gasteiger partial charge in [-0.25, -0.2) is 20.4 Å². The van der Waals surface area contributed by atoms with E-state index >= 15 is 0 Å². The van der Waals surface area contributed by atoms with Crippen molar-refractivity contribution in [2.45, 2.75) is 6.04 Å². The molecule has 0 spiro atoms. The molecule has 0 heterocycles. The number of hydrogen-bond donors (Lipinski definition) is 3. The number of nitrogens with one attached hydrogen (secondary N) is 3. The van der Waals surface area contributed by atoms with Gasteiger partial charge in [0.1, 0.15) is 0 Å². The second kappa shape index (κ2) is 11.1. The molecule has 1 aliphatic rings. The van der Waals surface area contributed by atoms with Gasteiger partial charge in [0.25, 0.3) is 0 Å². The van der Waals surface area contributed by atoms with Crippen molar-refractivity contribution in [3.05, 3.63) is 66.8 Å². The highest BCUT2D eigenvalue weighted by Crippen LogP contribution is 2.15. The van der Waals surface area contributed by atoms with Crippen molar-refractivity contribution >= 4 is 17.8 Å². The van der Waals surface area contributed by atoms with Gasteiger partial charge < -0.3 is 5.32 Å². The Labute approximate surface area is 117 Å². The van der Waals surface area contributed by atoms with E-state index in [4.69, 9.17) is 20.4 Å². The van der Waals surface area contributed by atoms with Crippen molar-refractivity contribution < 1.29 is 9.59 Å². The number of hydrogen-bond acceptors (Lipinski definition) is 5. The van der Waals surface area contributed by atoms with Gasteiger partial charge in [0.15, 0.2) is 0 Å². The second-order valence-electron chi connectivity index (χ2n) is 3.51. The summed E-state index contributed by atoms with van der Waals surface area (Å²) in [5.74, 6) is 0. The summed E-state index contributed by atoms with van der Waals surface area (Å²) >= 11 is 0. The highest BCUT2D eigenvalue weighted by molar-refractivity contribution is 5.49. The zero-order chi connectivity index (χ0) is 15.2. The van der Waals surface area contributed by atoms with Crippen molar-refractivity contribution in [3.8, 4) is 0 Å². The number of allylic oxidation sites excluding steroid dienone is 2. The molecule has 102 valence electrons. The first-order valence-corrected chi connectivity index (χ1v) is 5.62. The summed E-state index contributed by atoms with van der Waals surface area (Å²) in [5.41, 5.74) is 2.22. The summed E-state index contributed by atoms with van der Waals surface area (Å²) in [7, 11) is 0. The predicted octanol–water partition coefficient (Wildman–Crippen LogP) is 2.95. The van der Waals surface area contributed by atoms with Crippen LogP contribution in [0.3, 0.4) is 0 Å². The molecule has 0 amide bonds. The fourth-order valence-electron chi connectivity index (χ4n) is 1.44. The minimum atomic E-state index is 0.224. The van der Waals surface area contributed by atoms with Gasteiger partial charge in [0.2, 0.25) is 12.2 Å². The maximum Gasteiger partial charge on any atom is 0.231 e. The fourth-order valence-corrected chi connectivity index (χ4v) is 1.44. The van der Waals surface area contributed by atoms with Gasteiger partial charge in [0, 0.05) is 5.69 Å². The Morgan fingerprint density at radius 1 is 1.05 bits per heavy atom. The molecule has 3 N–H and O–H groups in total. The van der Waals surface area contributed by atoms with Gasteiger partial charge in [0.05, 0.1) is 6.04 Å². The van der Waals surface area contributed by atoms with Crippen LogP contribution >= 0.6 is 0 Å². The van der Waals surface area contributed by atoms with Crippen LogP contribution in [0.5, 0.6) is 0 Å². The molecule has 1 unspecified atom stereocenters. The molecule has 0 saturated heterocycles. The quantitative estimate of drug-likeness (QED) is 0.569. The third-order valence-electron chi connectivity index (χ3n) is 2.22. The Balaban J connectivity index is 0.000000520. The molecular weight excluding hydrogens is 254 g/mol. The summed E-state index contributed by atoms with van der Waals surface area (Å²) < 4.78 is 0. The molecule has 0 radical (unpaired) electrons. The van der Waals surface area contributed by atoms with Crippen LogP contribution in [0.15, 0.2) is 66.8 Å². The number of para-hydroxylation sites is 1. The topological polar surface area (TPSA) is 93.9 Å². The lowest BCUT2D eigenvalue weighted by Gasteiger charge is -2.18. The normalized spacial score (nSPS) is 14.6. The molecule has 5 heteroatoms. The van der Waals surface area contributed by atoms with Crippen molar-refractivity contribution in [2.24, 2.45) is 0 Å². The van der Waals surface area contributed by atoms with Crippen LogP contribution in [0.4, 0.5) is 5.69 Å². The van der Waals surface area contributed by atoms with Gasteiger partial charge in [-0.3, -0.25) is 0 Å². The van der Waals surface area contributed by atoms with Crippen LogP contribution in [0.25, 0.3) is 0 Å². The molecule has 0 aliphatic heterocycles. The average Bonchev–Trinajstić information content (AvgIpc) is 2.44. The number of isocyanates is 2. The second-order valence-corrected chi connectivity index (χ2v) is 3.51. The number of rotatable bonds is 2. The van der Waals surface area contributed by atoms with Crippen LogP contribution < -0.4 is 5.32 Å². The van der Waals surface area contributed by atoms with Crippen LogP contribution in [0, 0.1) is 10.8 Å². The zero-order valence-corrected chi connectivity index (χ0v) is 10.8. The number of benzene rings is 1. The number of anilines is 1. The maximum atomic E-state index is 8.35. The van der Waals surface area contributed by atoms with Crippen LogP contribution in [-0.4, -0.2) is 18.2 Å². The van der Waals surface area contributed by atoms with Crippen LogP contribution in [-0.2, 0) is 9.59 Å². The first kappa shape index (κ1) is 17.0. The van der Waals surface area contributed by atoms with Crippen LogP contribution in [0.2, 0.25) is 0 Å². The lowest BCUT2D eigenvalue weighted by atomic mass is 10.0. The average molecular weight is 269 g/mol. The molecule has 5 nitrogen and oxygen atoms in total. The summed E-state index contributed by atoms with van der Waals surface area (Å²) in [6.07, 6.45) is 9.68. The Bertz CT molecular complexity index is 523. The maximum absolute atomic E-state index is 8.35. The van der Waals surface area contributed by atoms with Crippen molar-refractivity contribution in [2.75, 3.05) is 5.32 Å². The third kappa shape index (κ3) is 7.35. The summed E-state index contributed by atoms with van der Waals surface area (Å²) in [4.78, 5) is 16.7. The van der Waals surface area contributed by atoms with E-state index in [1.54, 1.807) is 0 Å². The molecular formula is C15H15N3O2. The highest BCUT2D eigenvalue weighted by atomic mass is 16.1.